The minimum Gasteiger partial charge on any atom is -0.487 e. The lowest BCUT2D eigenvalue weighted by Crippen LogP contribution is -2.56. The molecule has 2 N–H and O–H groups in total. The van der Waals surface area contributed by atoms with Gasteiger partial charge in [-0.15, -0.1) is 0 Å². The summed E-state index contributed by atoms with van der Waals surface area (Å²) < 4.78 is 10.9. The van der Waals surface area contributed by atoms with Gasteiger partial charge in [0, 0.05) is 12.0 Å². The molecule has 1 atom stereocenters. The van der Waals surface area contributed by atoms with Gasteiger partial charge in [0.25, 0.3) is 0 Å². The van der Waals surface area contributed by atoms with Crippen LogP contribution in [0.3, 0.4) is 0 Å². The number of hydrogen-bond acceptors (Lipinski definition) is 4. The van der Waals surface area contributed by atoms with Crippen LogP contribution >= 0.6 is 0 Å². The first kappa shape index (κ1) is 17.6. The smallest absolute Gasteiger partial charge is 0.407 e. The SMILES string of the molecule is COC(=O)NC(C)(C)C(=O)N[C@@H]1CC2(CCCC2)Oc2ccccc21. The monoisotopic (exact) mass is 346 g/mol. The van der Waals surface area contributed by atoms with Crippen molar-refractivity contribution in [1.82, 2.24) is 10.6 Å². The van der Waals surface area contributed by atoms with Gasteiger partial charge in [-0.2, -0.15) is 0 Å². The van der Waals surface area contributed by atoms with Gasteiger partial charge in [0.1, 0.15) is 16.9 Å². The Kier molecular flexibility index (Phi) is 4.62. The molecule has 6 heteroatoms. The van der Waals surface area contributed by atoms with Crippen LogP contribution in [0.5, 0.6) is 5.75 Å². The summed E-state index contributed by atoms with van der Waals surface area (Å²) in [6, 6.07) is 7.73. The zero-order valence-electron chi connectivity index (χ0n) is 15.1. The second-order valence-corrected chi connectivity index (χ2v) is 7.50. The van der Waals surface area contributed by atoms with Crippen LogP contribution in [0.2, 0.25) is 0 Å². The Labute approximate surface area is 148 Å². The van der Waals surface area contributed by atoms with Crippen molar-refractivity contribution in [3.8, 4) is 5.75 Å². The number of para-hydroxylation sites is 1. The molecule has 2 aliphatic rings. The van der Waals surface area contributed by atoms with E-state index in [1.165, 1.54) is 7.11 Å². The van der Waals surface area contributed by atoms with E-state index in [1.54, 1.807) is 13.8 Å². The second-order valence-electron chi connectivity index (χ2n) is 7.50. The normalized spacial score (nSPS) is 21.2. The summed E-state index contributed by atoms with van der Waals surface area (Å²) in [7, 11) is 1.28. The average molecular weight is 346 g/mol. The quantitative estimate of drug-likeness (QED) is 0.882. The first-order valence-corrected chi connectivity index (χ1v) is 8.80. The lowest BCUT2D eigenvalue weighted by Gasteiger charge is -2.41. The van der Waals surface area contributed by atoms with E-state index >= 15 is 0 Å². The highest BCUT2D eigenvalue weighted by Gasteiger charge is 2.44. The number of nitrogens with one attached hydrogen (secondary N) is 2. The molecule has 0 aromatic heterocycles. The molecule has 136 valence electrons. The number of carbonyl (C=O) groups excluding carboxylic acids is 2. The minimum absolute atomic E-state index is 0.130. The third kappa shape index (κ3) is 3.57. The van der Waals surface area contributed by atoms with Crippen LogP contribution in [0.1, 0.15) is 57.6 Å². The molecule has 1 aromatic rings. The van der Waals surface area contributed by atoms with Gasteiger partial charge in [-0.3, -0.25) is 4.79 Å². The maximum Gasteiger partial charge on any atom is 0.407 e. The predicted octanol–water partition coefficient (Wildman–Crippen LogP) is 3.07. The molecular formula is C19H26N2O4. The molecule has 1 aliphatic heterocycles. The summed E-state index contributed by atoms with van der Waals surface area (Å²) in [4.78, 5) is 24.3. The largest absolute Gasteiger partial charge is 0.487 e. The standard InChI is InChI=1S/C19H26N2O4/c1-18(2,21-17(23)24-3)16(22)20-14-12-19(10-6-7-11-19)25-15-9-5-4-8-13(14)15/h4-5,8-9,14H,6-7,10-12H2,1-3H3,(H,20,22)(H,21,23)/t14-/m1/s1. The molecule has 0 unspecified atom stereocenters. The fraction of sp³-hybridized carbons (Fsp3) is 0.579. The van der Waals surface area contributed by atoms with Gasteiger partial charge < -0.3 is 20.1 Å². The highest BCUT2D eigenvalue weighted by Crippen LogP contribution is 2.47. The molecule has 0 bridgehead atoms. The molecule has 6 nitrogen and oxygen atoms in total. The molecule has 0 saturated heterocycles. The number of alkyl carbamates (subject to hydrolysis) is 1. The predicted molar refractivity (Wildman–Crippen MR) is 93.4 cm³/mol. The van der Waals surface area contributed by atoms with Gasteiger partial charge in [-0.05, 0) is 45.6 Å². The Morgan fingerprint density at radius 2 is 1.92 bits per heavy atom. The maximum absolute atomic E-state index is 12.8. The van der Waals surface area contributed by atoms with Crippen molar-refractivity contribution in [2.45, 2.75) is 63.1 Å². The summed E-state index contributed by atoms with van der Waals surface area (Å²) in [6.07, 6.45) is 4.45. The van der Waals surface area contributed by atoms with E-state index in [0.29, 0.717) is 0 Å². The van der Waals surface area contributed by atoms with Crippen LogP contribution in [0, 0.1) is 0 Å². The van der Waals surface area contributed by atoms with Crippen LogP contribution in [0.15, 0.2) is 24.3 Å². The van der Waals surface area contributed by atoms with Crippen LogP contribution < -0.4 is 15.4 Å². The van der Waals surface area contributed by atoms with Gasteiger partial charge in [0.05, 0.1) is 13.2 Å². The number of benzene rings is 1. The number of hydrogen-bond donors (Lipinski definition) is 2. The molecule has 1 spiro atoms. The van der Waals surface area contributed by atoms with Crippen LogP contribution in [-0.2, 0) is 9.53 Å². The van der Waals surface area contributed by atoms with Crippen molar-refractivity contribution in [2.24, 2.45) is 0 Å². The van der Waals surface area contributed by atoms with Crippen molar-refractivity contribution < 1.29 is 19.1 Å². The minimum atomic E-state index is -1.07. The van der Waals surface area contributed by atoms with E-state index in [4.69, 9.17) is 4.74 Å². The number of methoxy groups -OCH3 is 1. The zero-order chi connectivity index (χ0) is 18.1. The Balaban J connectivity index is 1.81. The number of fused-ring (bicyclic) bond motifs is 1. The highest BCUT2D eigenvalue weighted by atomic mass is 16.5. The van der Waals surface area contributed by atoms with Gasteiger partial charge >= 0.3 is 6.09 Å². The van der Waals surface area contributed by atoms with Gasteiger partial charge in [-0.25, -0.2) is 4.79 Å². The average Bonchev–Trinajstić information content (AvgIpc) is 3.01. The molecule has 1 aromatic carbocycles. The van der Waals surface area contributed by atoms with Crippen molar-refractivity contribution in [3.05, 3.63) is 29.8 Å². The van der Waals surface area contributed by atoms with E-state index < -0.39 is 11.6 Å². The van der Waals surface area contributed by atoms with Crippen molar-refractivity contribution in [1.29, 1.82) is 0 Å². The van der Waals surface area contributed by atoms with Crippen molar-refractivity contribution in [2.75, 3.05) is 7.11 Å². The third-order valence-electron chi connectivity index (χ3n) is 5.18. The number of amides is 2. The topological polar surface area (TPSA) is 76.7 Å². The van der Waals surface area contributed by atoms with Crippen LogP contribution in [0.4, 0.5) is 4.79 Å². The molecule has 1 aliphatic carbocycles. The Morgan fingerprint density at radius 3 is 2.60 bits per heavy atom. The third-order valence-corrected chi connectivity index (χ3v) is 5.18. The van der Waals surface area contributed by atoms with Gasteiger partial charge in [0.15, 0.2) is 0 Å². The number of carbonyl (C=O) groups is 2. The molecule has 0 radical (unpaired) electrons. The molecule has 1 heterocycles. The molecule has 2 amide bonds. The fourth-order valence-electron chi connectivity index (χ4n) is 3.77. The van der Waals surface area contributed by atoms with Gasteiger partial charge in [0.2, 0.25) is 5.91 Å². The van der Waals surface area contributed by atoms with Crippen molar-refractivity contribution in [3.63, 3.8) is 0 Å². The van der Waals surface area contributed by atoms with E-state index in [-0.39, 0.29) is 17.6 Å². The Hall–Kier alpha value is -2.24. The zero-order valence-corrected chi connectivity index (χ0v) is 15.1. The van der Waals surface area contributed by atoms with Gasteiger partial charge in [-0.1, -0.05) is 18.2 Å². The Morgan fingerprint density at radius 1 is 1.24 bits per heavy atom. The van der Waals surface area contributed by atoms with E-state index in [9.17, 15) is 9.59 Å². The van der Waals surface area contributed by atoms with Crippen molar-refractivity contribution >= 4 is 12.0 Å². The fourth-order valence-corrected chi connectivity index (χ4v) is 3.77. The van der Waals surface area contributed by atoms with E-state index in [0.717, 1.165) is 43.4 Å². The maximum atomic E-state index is 12.8. The summed E-state index contributed by atoms with van der Waals surface area (Å²) in [5.74, 6) is 0.604. The Bertz CT molecular complexity index is 665. The van der Waals surface area contributed by atoms with E-state index in [2.05, 4.69) is 15.4 Å². The molecule has 1 saturated carbocycles. The molecular weight excluding hydrogens is 320 g/mol. The lowest BCUT2D eigenvalue weighted by atomic mass is 9.85. The summed E-state index contributed by atoms with van der Waals surface area (Å²) >= 11 is 0. The first-order valence-electron chi connectivity index (χ1n) is 8.80. The van der Waals surface area contributed by atoms with E-state index in [1.807, 2.05) is 24.3 Å². The van der Waals surface area contributed by atoms with Crippen LogP contribution in [0.25, 0.3) is 0 Å². The summed E-state index contributed by atoms with van der Waals surface area (Å²) in [5.41, 5.74) is -0.266. The molecule has 1 fully saturated rings. The second kappa shape index (κ2) is 6.58. The number of rotatable bonds is 3. The summed E-state index contributed by atoms with van der Waals surface area (Å²) in [5, 5.41) is 5.68. The molecule has 25 heavy (non-hydrogen) atoms. The molecule has 3 rings (SSSR count). The first-order chi connectivity index (χ1) is 11.9. The number of ether oxygens (including phenoxy) is 2. The summed E-state index contributed by atoms with van der Waals surface area (Å²) in [6.45, 7) is 3.33. The van der Waals surface area contributed by atoms with Crippen LogP contribution in [-0.4, -0.2) is 30.3 Å². The highest BCUT2D eigenvalue weighted by molar-refractivity contribution is 5.89. The lowest BCUT2D eigenvalue weighted by molar-refractivity contribution is -0.127.